The number of pyridine rings is 1. The lowest BCUT2D eigenvalue weighted by molar-refractivity contribution is -0.137. The summed E-state index contributed by atoms with van der Waals surface area (Å²) in [7, 11) is 0. The lowest BCUT2D eigenvalue weighted by atomic mass is 10.2. The Morgan fingerprint density at radius 3 is 2.52 bits per heavy atom. The Morgan fingerprint density at radius 2 is 1.85 bits per heavy atom. The van der Waals surface area contributed by atoms with Crippen molar-refractivity contribution < 1.29 is 14.3 Å². The minimum Gasteiger partial charge on any atom is -0.424 e. The summed E-state index contributed by atoms with van der Waals surface area (Å²) in [5.74, 6) is -0.179. The lowest BCUT2D eigenvalue weighted by Crippen LogP contribution is -2.17. The van der Waals surface area contributed by atoms with Crippen LogP contribution in [0.5, 0.6) is 5.75 Å². The number of aromatic nitrogens is 1. The van der Waals surface area contributed by atoms with Crippen LogP contribution in [-0.4, -0.2) is 23.4 Å². The van der Waals surface area contributed by atoms with Crippen molar-refractivity contribution in [3.05, 3.63) is 36.4 Å². The van der Waals surface area contributed by atoms with Crippen LogP contribution >= 0.6 is 0 Å². The Bertz CT molecular complexity index is 851. The number of carbonyl (C=O) groups is 2. The van der Waals surface area contributed by atoms with Gasteiger partial charge in [-0.25, -0.2) is 4.98 Å². The van der Waals surface area contributed by atoms with Crippen LogP contribution in [0.1, 0.15) is 20.3 Å². The Labute approximate surface area is 156 Å². The molecule has 2 aromatic rings. The zero-order valence-electron chi connectivity index (χ0n) is 15.2. The topological polar surface area (TPSA) is 145 Å². The van der Waals surface area contributed by atoms with Crippen molar-refractivity contribution in [2.45, 2.75) is 20.3 Å². The maximum Gasteiger partial charge on any atom is 0.313 e. The predicted molar refractivity (Wildman–Crippen MR) is 102 cm³/mol. The molecule has 1 amide bonds. The molecular weight excluding hydrogens is 348 g/mol. The van der Waals surface area contributed by atoms with E-state index in [0.717, 1.165) is 0 Å². The summed E-state index contributed by atoms with van der Waals surface area (Å²) >= 11 is 0. The van der Waals surface area contributed by atoms with Gasteiger partial charge >= 0.3 is 5.97 Å². The van der Waals surface area contributed by atoms with Crippen LogP contribution in [-0.2, 0) is 9.59 Å². The van der Waals surface area contributed by atoms with E-state index in [9.17, 15) is 9.59 Å². The molecule has 0 fully saturated rings. The molecule has 0 aliphatic rings. The van der Waals surface area contributed by atoms with Gasteiger partial charge in [0.1, 0.15) is 17.2 Å². The van der Waals surface area contributed by atoms with E-state index in [4.69, 9.17) is 16.2 Å². The summed E-state index contributed by atoms with van der Waals surface area (Å²) in [6, 6.07) is 9.91. The number of esters is 1. The van der Waals surface area contributed by atoms with Gasteiger partial charge in [0.05, 0.1) is 5.92 Å². The number of hydrogen-bond donors (Lipinski definition) is 3. The van der Waals surface area contributed by atoms with E-state index in [0.29, 0.717) is 22.9 Å². The number of benzene rings is 1. The number of rotatable bonds is 7. The summed E-state index contributed by atoms with van der Waals surface area (Å²) in [5, 5.41) is 10.7. The molecule has 5 N–H and O–H groups in total. The number of nitrogens with zero attached hydrogens (tertiary/aromatic N) is 3. The predicted octanol–water partition coefficient (Wildman–Crippen LogP) is 2.93. The number of amides is 1. The van der Waals surface area contributed by atoms with Crippen molar-refractivity contribution in [2.75, 3.05) is 17.6 Å². The maximum absolute atomic E-state index is 11.8. The summed E-state index contributed by atoms with van der Waals surface area (Å²) in [6.07, 6.45) is 0.189. The van der Waals surface area contributed by atoms with Crippen LogP contribution < -0.4 is 21.5 Å². The number of nitrogens with one attached hydrogen (secondary N) is 1. The highest BCUT2D eigenvalue weighted by atomic mass is 16.5. The summed E-state index contributed by atoms with van der Waals surface area (Å²) < 4.78 is 5.31. The Morgan fingerprint density at radius 1 is 1.15 bits per heavy atom. The fourth-order valence-corrected chi connectivity index (χ4v) is 1.92. The van der Waals surface area contributed by atoms with Gasteiger partial charge < -0.3 is 21.5 Å². The molecule has 27 heavy (non-hydrogen) atoms. The van der Waals surface area contributed by atoms with E-state index in [2.05, 4.69) is 20.5 Å². The number of hydrogen-bond acceptors (Lipinski definition) is 8. The minimum absolute atomic E-state index is 0.0981. The molecule has 0 saturated heterocycles. The standard InChI is InChI=1S/C18H22N6O3/c1-11(2)18(26)27-14-6-4-3-5-12(14)23-24-13-7-8-15(22-17(13)20)21-16(25)9-10-19/h3-8,11H,9-10,19H2,1-2H3,(H3,20,21,22,25)/b24-23+. The van der Waals surface area contributed by atoms with Gasteiger partial charge in [-0.2, -0.15) is 0 Å². The van der Waals surface area contributed by atoms with Gasteiger partial charge in [-0.1, -0.05) is 26.0 Å². The van der Waals surface area contributed by atoms with E-state index in [1.54, 1.807) is 50.2 Å². The molecule has 0 spiro atoms. The third-order valence-corrected chi connectivity index (χ3v) is 3.35. The van der Waals surface area contributed by atoms with E-state index in [-0.39, 0.29) is 36.6 Å². The first-order valence-corrected chi connectivity index (χ1v) is 8.39. The molecule has 0 aliphatic carbocycles. The van der Waals surface area contributed by atoms with Crippen molar-refractivity contribution in [2.24, 2.45) is 21.9 Å². The Hall–Kier alpha value is -3.33. The van der Waals surface area contributed by atoms with Crippen LogP contribution in [0.15, 0.2) is 46.6 Å². The average molecular weight is 370 g/mol. The summed E-state index contributed by atoms with van der Waals surface area (Å²) in [6.45, 7) is 3.73. The normalized spacial score (nSPS) is 11.0. The fraction of sp³-hybridized carbons (Fsp3) is 0.278. The zero-order chi connectivity index (χ0) is 19.8. The third kappa shape index (κ3) is 5.86. The molecule has 0 saturated carbocycles. The summed E-state index contributed by atoms with van der Waals surface area (Å²) in [4.78, 5) is 27.4. The monoisotopic (exact) mass is 370 g/mol. The smallest absolute Gasteiger partial charge is 0.313 e. The van der Waals surface area contributed by atoms with Crippen LogP contribution in [0.2, 0.25) is 0 Å². The second-order valence-electron chi connectivity index (χ2n) is 5.93. The van der Waals surface area contributed by atoms with Gasteiger partial charge in [0.25, 0.3) is 0 Å². The van der Waals surface area contributed by atoms with E-state index >= 15 is 0 Å². The molecule has 1 aromatic carbocycles. The number of nitrogens with two attached hydrogens (primary N) is 2. The molecule has 1 aromatic heterocycles. The first-order valence-electron chi connectivity index (χ1n) is 8.39. The quantitative estimate of drug-likeness (QED) is 0.388. The van der Waals surface area contributed by atoms with Crippen molar-refractivity contribution in [1.82, 2.24) is 4.98 Å². The lowest BCUT2D eigenvalue weighted by Gasteiger charge is -2.08. The van der Waals surface area contributed by atoms with Gasteiger partial charge in [0, 0.05) is 13.0 Å². The molecule has 0 unspecified atom stereocenters. The molecule has 0 radical (unpaired) electrons. The highest BCUT2D eigenvalue weighted by Crippen LogP contribution is 2.31. The molecule has 9 heteroatoms. The molecule has 0 atom stereocenters. The highest BCUT2D eigenvalue weighted by molar-refractivity contribution is 5.90. The van der Waals surface area contributed by atoms with Crippen LogP contribution in [0.4, 0.5) is 23.0 Å². The fourth-order valence-electron chi connectivity index (χ4n) is 1.92. The number of nitrogen functional groups attached to an aromatic ring is 1. The van der Waals surface area contributed by atoms with E-state index < -0.39 is 0 Å². The van der Waals surface area contributed by atoms with E-state index in [1.165, 1.54) is 0 Å². The molecule has 9 nitrogen and oxygen atoms in total. The van der Waals surface area contributed by atoms with Crippen molar-refractivity contribution in [1.29, 1.82) is 0 Å². The van der Waals surface area contributed by atoms with Crippen molar-refractivity contribution in [3.8, 4) is 5.75 Å². The second kappa shape index (κ2) is 9.39. The number of azo groups is 1. The first kappa shape index (κ1) is 20.0. The number of para-hydroxylation sites is 1. The largest absolute Gasteiger partial charge is 0.424 e. The average Bonchev–Trinajstić information content (AvgIpc) is 2.62. The van der Waals surface area contributed by atoms with Crippen molar-refractivity contribution >= 4 is 34.9 Å². The maximum atomic E-state index is 11.8. The molecule has 2 rings (SSSR count). The van der Waals surface area contributed by atoms with Crippen LogP contribution in [0, 0.1) is 5.92 Å². The highest BCUT2D eigenvalue weighted by Gasteiger charge is 2.12. The summed E-state index contributed by atoms with van der Waals surface area (Å²) in [5.41, 5.74) is 11.9. The van der Waals surface area contributed by atoms with Gasteiger partial charge in [-0.05, 0) is 24.3 Å². The molecule has 0 aliphatic heterocycles. The van der Waals surface area contributed by atoms with Gasteiger partial charge in [0.2, 0.25) is 5.91 Å². The first-order chi connectivity index (χ1) is 12.9. The Balaban J connectivity index is 2.16. The molecule has 0 bridgehead atoms. The molecular formula is C18H22N6O3. The third-order valence-electron chi connectivity index (χ3n) is 3.35. The van der Waals surface area contributed by atoms with Crippen molar-refractivity contribution in [3.63, 3.8) is 0 Å². The number of anilines is 2. The molecule has 1 heterocycles. The SMILES string of the molecule is CC(C)C(=O)Oc1ccccc1/N=N/c1ccc(NC(=O)CCN)nc1N. The second-order valence-corrected chi connectivity index (χ2v) is 5.93. The van der Waals surface area contributed by atoms with Crippen LogP contribution in [0.25, 0.3) is 0 Å². The Kier molecular flexibility index (Phi) is 6.95. The minimum atomic E-state index is -0.364. The van der Waals surface area contributed by atoms with Crippen LogP contribution in [0.3, 0.4) is 0 Å². The van der Waals surface area contributed by atoms with Gasteiger partial charge in [0.15, 0.2) is 11.6 Å². The van der Waals surface area contributed by atoms with E-state index in [1.807, 2.05) is 0 Å². The zero-order valence-corrected chi connectivity index (χ0v) is 15.2. The van der Waals surface area contributed by atoms with Gasteiger partial charge in [-0.3, -0.25) is 9.59 Å². The van der Waals surface area contributed by atoms with Gasteiger partial charge in [-0.15, -0.1) is 10.2 Å². The molecule has 142 valence electrons. The number of carbonyl (C=O) groups excluding carboxylic acids is 2. The number of ether oxygens (including phenoxy) is 1.